The fraction of sp³-hybridized carbons (Fsp3) is 0.333. The van der Waals surface area contributed by atoms with Crippen molar-refractivity contribution in [3.63, 3.8) is 0 Å². The van der Waals surface area contributed by atoms with E-state index in [1.54, 1.807) is 0 Å². The fourth-order valence-electron chi connectivity index (χ4n) is 1.18. The highest BCUT2D eigenvalue weighted by Gasteiger charge is 2.13. The second-order valence-corrected chi connectivity index (χ2v) is 3.79. The first-order valence-electron chi connectivity index (χ1n) is 4.56. The lowest BCUT2D eigenvalue weighted by Gasteiger charge is -1.95. The van der Waals surface area contributed by atoms with Gasteiger partial charge in [-0.2, -0.15) is 0 Å². The van der Waals surface area contributed by atoms with E-state index in [1.807, 2.05) is 0 Å². The summed E-state index contributed by atoms with van der Waals surface area (Å²) in [5.74, 6) is 1.70. The molecule has 3 aliphatic rings. The minimum Gasteiger partial charge on any atom is -0.0808 e. The van der Waals surface area contributed by atoms with E-state index in [9.17, 15) is 0 Å². The third-order valence-electron chi connectivity index (χ3n) is 2.30. The lowest BCUT2D eigenvalue weighted by Crippen LogP contribution is -1.87. The fourth-order valence-corrected chi connectivity index (χ4v) is 1.18. The summed E-state index contributed by atoms with van der Waals surface area (Å²) in [4.78, 5) is 0. The Morgan fingerprint density at radius 2 is 1.67 bits per heavy atom. The maximum Gasteiger partial charge on any atom is -0.00300 e. The topological polar surface area (TPSA) is 0 Å². The molecule has 0 heteroatoms. The zero-order chi connectivity index (χ0) is 8.55. The first-order valence-corrected chi connectivity index (χ1v) is 4.56. The largest absolute Gasteiger partial charge is 0.0808 e. The van der Waals surface area contributed by atoms with Crippen molar-refractivity contribution in [2.24, 2.45) is 11.8 Å². The van der Waals surface area contributed by atoms with Crippen LogP contribution in [0.25, 0.3) is 11.1 Å². The SMILES string of the molecule is CC(C)C1C=C1.c1cc2cc-2c1. The van der Waals surface area contributed by atoms with Gasteiger partial charge in [0.15, 0.2) is 0 Å². The highest BCUT2D eigenvalue weighted by Crippen LogP contribution is 2.32. The molecule has 0 bridgehead atoms. The number of fused-ring (bicyclic) bond motifs is 1. The standard InChI is InChI=1S/C6H4.C6H10/c1-2-5-4-6(5)3-1;1-5(2)6-3-4-6/h1-4H;3-6H,1-2H3. The minimum atomic E-state index is 0.852. The molecule has 0 saturated carbocycles. The smallest absolute Gasteiger partial charge is 0.00300 e. The molecule has 0 fully saturated rings. The maximum atomic E-state index is 2.24. The third kappa shape index (κ3) is 1.76. The average molecular weight is 158 g/mol. The van der Waals surface area contributed by atoms with E-state index in [1.165, 1.54) is 11.1 Å². The Balaban J connectivity index is 0.0000000939. The summed E-state index contributed by atoms with van der Waals surface area (Å²) in [6, 6.07) is 8.48. The summed E-state index contributed by atoms with van der Waals surface area (Å²) < 4.78 is 0. The second-order valence-electron chi connectivity index (χ2n) is 3.79. The van der Waals surface area contributed by atoms with Crippen molar-refractivity contribution in [3.8, 4) is 11.1 Å². The normalized spacial score (nSPS) is 15.6. The Morgan fingerprint density at radius 1 is 1.08 bits per heavy atom. The molecule has 0 radical (unpaired) electrons. The molecule has 0 unspecified atom stereocenters. The summed E-state index contributed by atoms with van der Waals surface area (Å²) in [7, 11) is 0. The first kappa shape index (κ1) is 7.60. The number of hydrogen-bond acceptors (Lipinski definition) is 0. The lowest BCUT2D eigenvalue weighted by atomic mass is 10.1. The van der Waals surface area contributed by atoms with Gasteiger partial charge in [0.25, 0.3) is 0 Å². The number of hydrogen-bond donors (Lipinski definition) is 0. The molecule has 0 atom stereocenters. The highest BCUT2D eigenvalue weighted by atomic mass is 14.2. The van der Waals surface area contributed by atoms with Crippen LogP contribution in [0.5, 0.6) is 0 Å². The van der Waals surface area contributed by atoms with Crippen LogP contribution in [0, 0.1) is 11.8 Å². The molecule has 0 saturated heterocycles. The molecule has 12 heavy (non-hydrogen) atoms. The van der Waals surface area contributed by atoms with E-state index in [2.05, 4.69) is 50.3 Å². The number of allylic oxidation sites excluding steroid dienone is 2. The molecular weight excluding hydrogens is 144 g/mol. The van der Waals surface area contributed by atoms with Gasteiger partial charge < -0.3 is 0 Å². The summed E-state index contributed by atoms with van der Waals surface area (Å²) >= 11 is 0. The van der Waals surface area contributed by atoms with Crippen molar-refractivity contribution in [2.75, 3.05) is 0 Å². The van der Waals surface area contributed by atoms with E-state index >= 15 is 0 Å². The van der Waals surface area contributed by atoms with Crippen LogP contribution >= 0.6 is 0 Å². The van der Waals surface area contributed by atoms with Crippen LogP contribution in [0.4, 0.5) is 0 Å². The van der Waals surface area contributed by atoms with Gasteiger partial charge in [0.1, 0.15) is 0 Å². The Bertz CT molecular complexity index is 284. The van der Waals surface area contributed by atoms with Gasteiger partial charge in [0.2, 0.25) is 0 Å². The predicted octanol–water partition coefficient (Wildman–Crippen LogP) is 3.50. The van der Waals surface area contributed by atoms with E-state index < -0.39 is 0 Å². The second kappa shape index (κ2) is 2.78. The van der Waals surface area contributed by atoms with E-state index in [0.29, 0.717) is 0 Å². The van der Waals surface area contributed by atoms with Crippen molar-refractivity contribution in [1.29, 1.82) is 0 Å². The predicted molar refractivity (Wildman–Crippen MR) is 52.9 cm³/mol. The molecule has 0 nitrogen and oxygen atoms in total. The van der Waals surface area contributed by atoms with Gasteiger partial charge in [0.05, 0.1) is 0 Å². The summed E-state index contributed by atoms with van der Waals surface area (Å²) in [6.07, 6.45) is 4.48. The highest BCUT2D eigenvalue weighted by molar-refractivity contribution is 5.80. The van der Waals surface area contributed by atoms with E-state index in [0.717, 1.165) is 11.8 Å². The van der Waals surface area contributed by atoms with Crippen molar-refractivity contribution in [3.05, 3.63) is 36.4 Å². The minimum absolute atomic E-state index is 0.852. The van der Waals surface area contributed by atoms with Gasteiger partial charge in [-0.05, 0) is 29.0 Å². The van der Waals surface area contributed by atoms with Gasteiger partial charge in [-0.3, -0.25) is 0 Å². The lowest BCUT2D eigenvalue weighted by molar-refractivity contribution is 0.601. The van der Waals surface area contributed by atoms with Gasteiger partial charge in [0, 0.05) is 0 Å². The summed E-state index contributed by atoms with van der Waals surface area (Å²) in [6.45, 7) is 4.48. The molecule has 0 N–H and O–H groups in total. The molecule has 3 aliphatic carbocycles. The number of rotatable bonds is 1. The van der Waals surface area contributed by atoms with Crippen molar-refractivity contribution in [2.45, 2.75) is 13.8 Å². The van der Waals surface area contributed by atoms with Crippen LogP contribution in [-0.4, -0.2) is 0 Å². The van der Waals surface area contributed by atoms with Gasteiger partial charge in [-0.15, -0.1) is 0 Å². The molecule has 62 valence electrons. The molecule has 0 heterocycles. The van der Waals surface area contributed by atoms with E-state index in [-0.39, 0.29) is 0 Å². The van der Waals surface area contributed by atoms with Gasteiger partial charge >= 0.3 is 0 Å². The van der Waals surface area contributed by atoms with Gasteiger partial charge in [-0.1, -0.05) is 44.2 Å². The Hall–Kier alpha value is -1.04. The molecule has 0 aliphatic heterocycles. The molecule has 0 aromatic heterocycles. The Labute approximate surface area is 73.9 Å². The molecule has 3 rings (SSSR count). The molecule has 0 aromatic rings. The van der Waals surface area contributed by atoms with Crippen LogP contribution in [0.3, 0.4) is 0 Å². The quantitative estimate of drug-likeness (QED) is 0.557. The zero-order valence-electron chi connectivity index (χ0n) is 7.62. The van der Waals surface area contributed by atoms with Crippen molar-refractivity contribution < 1.29 is 0 Å². The Kier molecular flexibility index (Phi) is 1.76. The molecular formula is C12H14. The van der Waals surface area contributed by atoms with Crippen molar-refractivity contribution in [1.82, 2.24) is 0 Å². The summed E-state index contributed by atoms with van der Waals surface area (Å²) in [5, 5.41) is 0. The molecule has 0 spiro atoms. The third-order valence-corrected chi connectivity index (χ3v) is 2.30. The summed E-state index contributed by atoms with van der Waals surface area (Å²) in [5.41, 5.74) is 2.85. The van der Waals surface area contributed by atoms with Gasteiger partial charge in [-0.25, -0.2) is 0 Å². The molecule has 0 aromatic carbocycles. The van der Waals surface area contributed by atoms with Crippen LogP contribution in [0.2, 0.25) is 0 Å². The van der Waals surface area contributed by atoms with Crippen LogP contribution in [-0.2, 0) is 0 Å². The average Bonchev–Trinajstić information content (AvgIpc) is 2.93. The van der Waals surface area contributed by atoms with Crippen LogP contribution in [0.15, 0.2) is 36.4 Å². The molecule has 0 amide bonds. The van der Waals surface area contributed by atoms with Crippen molar-refractivity contribution >= 4 is 0 Å². The zero-order valence-corrected chi connectivity index (χ0v) is 7.62. The Morgan fingerprint density at radius 3 is 1.75 bits per heavy atom. The number of benzene rings is 1. The van der Waals surface area contributed by atoms with Crippen LogP contribution in [0.1, 0.15) is 13.8 Å². The van der Waals surface area contributed by atoms with Crippen LogP contribution < -0.4 is 0 Å². The van der Waals surface area contributed by atoms with E-state index in [4.69, 9.17) is 0 Å². The first-order chi connectivity index (χ1) is 5.77. The monoisotopic (exact) mass is 158 g/mol. The maximum absolute atomic E-state index is 2.24.